The fourth-order valence-electron chi connectivity index (χ4n) is 2.54. The standard InChI is InChI=1S/C14H26BrNO2/c1-14(2,3)18-13(17)16-12(9-10-15)11-7-5-4-6-8-11/h11-12H,4-10H2,1-3H3,(H,16,17)/t12-/m1/s1. The lowest BCUT2D eigenvalue weighted by molar-refractivity contribution is 0.0475. The second kappa shape index (κ2) is 7.37. The predicted molar refractivity (Wildman–Crippen MR) is 78.1 cm³/mol. The summed E-state index contributed by atoms with van der Waals surface area (Å²) in [6.45, 7) is 5.69. The number of nitrogens with one attached hydrogen (secondary N) is 1. The first-order valence-corrected chi connectivity index (χ1v) is 8.10. The van der Waals surface area contributed by atoms with Gasteiger partial charge in [0.1, 0.15) is 5.60 Å². The summed E-state index contributed by atoms with van der Waals surface area (Å²) in [4.78, 5) is 11.8. The zero-order valence-corrected chi connectivity index (χ0v) is 13.4. The van der Waals surface area contributed by atoms with Crippen molar-refractivity contribution in [1.82, 2.24) is 5.32 Å². The Kier molecular flexibility index (Phi) is 6.47. The third-order valence-electron chi connectivity index (χ3n) is 3.34. The average Bonchev–Trinajstić information content (AvgIpc) is 2.27. The molecule has 0 aromatic carbocycles. The number of halogens is 1. The van der Waals surface area contributed by atoms with E-state index in [-0.39, 0.29) is 12.1 Å². The molecule has 0 aromatic rings. The van der Waals surface area contributed by atoms with Crippen LogP contribution in [-0.2, 0) is 4.74 Å². The molecule has 1 atom stereocenters. The van der Waals surface area contributed by atoms with Gasteiger partial charge >= 0.3 is 6.09 Å². The molecule has 1 rings (SSSR count). The van der Waals surface area contributed by atoms with Gasteiger partial charge in [0.15, 0.2) is 0 Å². The van der Waals surface area contributed by atoms with Gasteiger partial charge in [-0.05, 0) is 46.0 Å². The summed E-state index contributed by atoms with van der Waals surface area (Å²) >= 11 is 3.48. The lowest BCUT2D eigenvalue weighted by Crippen LogP contribution is -2.43. The number of carbonyl (C=O) groups is 1. The summed E-state index contributed by atoms with van der Waals surface area (Å²) in [6, 6.07) is 0.250. The number of ether oxygens (including phenoxy) is 1. The third kappa shape index (κ3) is 6.07. The first kappa shape index (κ1) is 15.8. The van der Waals surface area contributed by atoms with Gasteiger partial charge in [0.2, 0.25) is 0 Å². The van der Waals surface area contributed by atoms with E-state index in [1.165, 1.54) is 32.1 Å². The number of hydrogen-bond donors (Lipinski definition) is 1. The maximum atomic E-state index is 11.8. The van der Waals surface area contributed by atoms with Gasteiger partial charge < -0.3 is 10.1 Å². The second-order valence-corrected chi connectivity index (χ2v) is 6.92. The monoisotopic (exact) mass is 319 g/mol. The molecule has 0 aromatic heterocycles. The minimum absolute atomic E-state index is 0.250. The van der Waals surface area contributed by atoms with Crippen LogP contribution in [0.3, 0.4) is 0 Å². The largest absolute Gasteiger partial charge is 0.444 e. The fraction of sp³-hybridized carbons (Fsp3) is 0.929. The zero-order valence-electron chi connectivity index (χ0n) is 11.8. The number of rotatable bonds is 4. The van der Waals surface area contributed by atoms with Crippen LogP contribution >= 0.6 is 15.9 Å². The van der Waals surface area contributed by atoms with Crippen LogP contribution < -0.4 is 5.32 Å². The van der Waals surface area contributed by atoms with E-state index >= 15 is 0 Å². The SMILES string of the molecule is CC(C)(C)OC(=O)N[C@H](CCBr)C1CCCCC1. The summed E-state index contributed by atoms with van der Waals surface area (Å²) in [5.74, 6) is 0.615. The summed E-state index contributed by atoms with van der Waals surface area (Å²) in [5.41, 5.74) is -0.421. The second-order valence-electron chi connectivity index (χ2n) is 6.13. The Morgan fingerprint density at radius 1 is 1.33 bits per heavy atom. The van der Waals surface area contributed by atoms with E-state index in [4.69, 9.17) is 4.74 Å². The Hall–Kier alpha value is -0.250. The van der Waals surface area contributed by atoms with Crippen molar-refractivity contribution in [3.8, 4) is 0 Å². The molecule has 0 spiro atoms. The van der Waals surface area contributed by atoms with Crippen LogP contribution in [0.15, 0.2) is 0 Å². The number of alkyl halides is 1. The third-order valence-corrected chi connectivity index (χ3v) is 3.80. The molecule has 1 fully saturated rings. The molecule has 0 bridgehead atoms. The van der Waals surface area contributed by atoms with Gasteiger partial charge in [-0.3, -0.25) is 0 Å². The number of amides is 1. The highest BCUT2D eigenvalue weighted by molar-refractivity contribution is 9.09. The van der Waals surface area contributed by atoms with Crippen molar-refractivity contribution in [1.29, 1.82) is 0 Å². The predicted octanol–water partition coefficient (Wildman–Crippen LogP) is 4.25. The minimum Gasteiger partial charge on any atom is -0.444 e. The van der Waals surface area contributed by atoms with Crippen molar-refractivity contribution in [2.45, 2.75) is 70.9 Å². The first-order valence-electron chi connectivity index (χ1n) is 6.98. The topological polar surface area (TPSA) is 38.3 Å². The smallest absolute Gasteiger partial charge is 0.407 e. The maximum absolute atomic E-state index is 11.8. The Morgan fingerprint density at radius 2 is 1.94 bits per heavy atom. The summed E-state index contributed by atoms with van der Waals surface area (Å²) in [6.07, 6.45) is 7.08. The molecular formula is C14H26BrNO2. The molecule has 1 aliphatic rings. The molecule has 3 nitrogen and oxygen atoms in total. The Balaban J connectivity index is 2.48. The van der Waals surface area contributed by atoms with Crippen molar-refractivity contribution >= 4 is 22.0 Å². The van der Waals surface area contributed by atoms with Crippen molar-refractivity contribution in [2.75, 3.05) is 5.33 Å². The summed E-state index contributed by atoms with van der Waals surface area (Å²) < 4.78 is 5.34. The van der Waals surface area contributed by atoms with Crippen molar-refractivity contribution in [2.24, 2.45) is 5.92 Å². The maximum Gasteiger partial charge on any atom is 0.407 e. The molecule has 0 unspecified atom stereocenters. The van der Waals surface area contributed by atoms with E-state index in [1.807, 2.05) is 20.8 Å². The van der Waals surface area contributed by atoms with E-state index in [9.17, 15) is 4.79 Å². The molecule has 1 amide bonds. The lowest BCUT2D eigenvalue weighted by Gasteiger charge is -2.31. The molecule has 4 heteroatoms. The number of carbonyl (C=O) groups excluding carboxylic acids is 1. The Labute approximate surface area is 119 Å². The molecule has 1 N–H and O–H groups in total. The quantitative estimate of drug-likeness (QED) is 0.787. The van der Waals surface area contributed by atoms with Gasteiger partial charge in [0.05, 0.1) is 0 Å². The van der Waals surface area contributed by atoms with E-state index in [1.54, 1.807) is 0 Å². The van der Waals surface area contributed by atoms with Gasteiger partial charge in [-0.25, -0.2) is 4.79 Å². The molecule has 18 heavy (non-hydrogen) atoms. The molecule has 1 saturated carbocycles. The van der Waals surface area contributed by atoms with Gasteiger partial charge in [0.25, 0.3) is 0 Å². The Bertz CT molecular complexity index is 257. The van der Waals surface area contributed by atoms with Crippen molar-refractivity contribution in [3.05, 3.63) is 0 Å². The highest BCUT2D eigenvalue weighted by Crippen LogP contribution is 2.28. The number of hydrogen-bond acceptors (Lipinski definition) is 2. The molecule has 0 radical (unpaired) electrons. The van der Waals surface area contributed by atoms with Crippen LogP contribution in [0.5, 0.6) is 0 Å². The molecule has 1 aliphatic carbocycles. The molecular weight excluding hydrogens is 294 g/mol. The average molecular weight is 320 g/mol. The van der Waals surface area contributed by atoms with Crippen molar-refractivity contribution in [3.63, 3.8) is 0 Å². The van der Waals surface area contributed by atoms with E-state index in [2.05, 4.69) is 21.2 Å². The Morgan fingerprint density at radius 3 is 2.44 bits per heavy atom. The highest BCUT2D eigenvalue weighted by Gasteiger charge is 2.26. The zero-order chi connectivity index (χ0) is 13.6. The van der Waals surface area contributed by atoms with Gasteiger partial charge in [-0.1, -0.05) is 35.2 Å². The highest BCUT2D eigenvalue weighted by atomic mass is 79.9. The fourth-order valence-corrected chi connectivity index (χ4v) is 3.03. The van der Waals surface area contributed by atoms with Crippen LogP contribution in [0.1, 0.15) is 59.3 Å². The van der Waals surface area contributed by atoms with Gasteiger partial charge in [-0.2, -0.15) is 0 Å². The van der Waals surface area contributed by atoms with Crippen LogP contribution in [0, 0.1) is 5.92 Å². The van der Waals surface area contributed by atoms with Crippen LogP contribution in [0.2, 0.25) is 0 Å². The first-order chi connectivity index (χ1) is 8.42. The van der Waals surface area contributed by atoms with Crippen LogP contribution in [0.4, 0.5) is 4.79 Å². The van der Waals surface area contributed by atoms with Crippen LogP contribution in [-0.4, -0.2) is 23.1 Å². The van der Waals surface area contributed by atoms with Crippen molar-refractivity contribution < 1.29 is 9.53 Å². The molecule has 0 aliphatic heterocycles. The molecule has 0 heterocycles. The molecule has 0 saturated heterocycles. The van der Waals surface area contributed by atoms with E-state index < -0.39 is 5.60 Å². The normalized spacial score (nSPS) is 19.3. The summed E-state index contributed by atoms with van der Waals surface area (Å²) in [5, 5.41) is 3.97. The van der Waals surface area contributed by atoms with Crippen LogP contribution in [0.25, 0.3) is 0 Å². The van der Waals surface area contributed by atoms with E-state index in [0.717, 1.165) is 11.8 Å². The minimum atomic E-state index is -0.421. The number of alkyl carbamates (subject to hydrolysis) is 1. The lowest BCUT2D eigenvalue weighted by atomic mass is 9.83. The molecule has 106 valence electrons. The van der Waals surface area contributed by atoms with E-state index in [0.29, 0.717) is 5.92 Å². The van der Waals surface area contributed by atoms with Gasteiger partial charge in [0, 0.05) is 11.4 Å². The summed E-state index contributed by atoms with van der Waals surface area (Å²) in [7, 11) is 0. The van der Waals surface area contributed by atoms with Gasteiger partial charge in [-0.15, -0.1) is 0 Å².